The van der Waals surface area contributed by atoms with Gasteiger partial charge in [0.2, 0.25) is 0 Å². The van der Waals surface area contributed by atoms with Gasteiger partial charge in [-0.2, -0.15) is 5.10 Å². The van der Waals surface area contributed by atoms with Crippen LogP contribution in [0.3, 0.4) is 0 Å². The Kier molecular flexibility index (Phi) is 4.38. The Morgan fingerprint density at radius 2 is 2.24 bits per heavy atom. The third kappa shape index (κ3) is 3.75. The van der Waals surface area contributed by atoms with Crippen molar-refractivity contribution in [2.45, 2.75) is 33.0 Å². The number of rotatable bonds is 7. The number of nitrogens with one attached hydrogen (secondary N) is 1. The first-order valence-electron chi connectivity index (χ1n) is 6.21. The lowest BCUT2D eigenvalue weighted by Gasteiger charge is -2.03. The quantitative estimate of drug-likeness (QED) is 0.740. The molecule has 17 heavy (non-hydrogen) atoms. The zero-order valence-electron chi connectivity index (χ0n) is 10.3. The molecule has 0 fully saturated rings. The monoisotopic (exact) mass is 232 g/mol. The van der Waals surface area contributed by atoms with Gasteiger partial charge < -0.3 is 9.88 Å². The van der Waals surface area contributed by atoms with E-state index >= 15 is 0 Å². The fraction of sp³-hybridized carbons (Fsp3) is 0.462. The standard InChI is InChI=1S/C13H20N4/c1-2-7-16-9-4-13(12-16)11-14-6-10-17-8-3-5-15-17/h3-5,8-9,12,14H,2,6-7,10-11H2,1H3. The molecule has 0 atom stereocenters. The molecule has 0 aliphatic carbocycles. The van der Waals surface area contributed by atoms with Crippen LogP contribution < -0.4 is 5.32 Å². The molecule has 1 N–H and O–H groups in total. The zero-order chi connectivity index (χ0) is 11.9. The lowest BCUT2D eigenvalue weighted by Crippen LogP contribution is -2.19. The Morgan fingerprint density at radius 3 is 3.00 bits per heavy atom. The summed E-state index contributed by atoms with van der Waals surface area (Å²) in [6.07, 6.45) is 9.34. The van der Waals surface area contributed by atoms with E-state index in [1.165, 1.54) is 12.0 Å². The lowest BCUT2D eigenvalue weighted by atomic mass is 10.3. The molecule has 0 aliphatic rings. The molecular formula is C13H20N4. The lowest BCUT2D eigenvalue weighted by molar-refractivity contribution is 0.554. The van der Waals surface area contributed by atoms with Crippen LogP contribution in [0.5, 0.6) is 0 Å². The molecule has 2 aromatic heterocycles. The molecule has 0 saturated carbocycles. The van der Waals surface area contributed by atoms with Crippen molar-refractivity contribution < 1.29 is 0 Å². The van der Waals surface area contributed by atoms with E-state index in [1.807, 2.05) is 23.1 Å². The van der Waals surface area contributed by atoms with Gasteiger partial charge >= 0.3 is 0 Å². The minimum atomic E-state index is 0.919. The fourth-order valence-electron chi connectivity index (χ4n) is 1.85. The maximum Gasteiger partial charge on any atom is 0.0534 e. The van der Waals surface area contributed by atoms with Crippen LogP contribution in [0, 0.1) is 0 Å². The average molecular weight is 232 g/mol. The highest BCUT2D eigenvalue weighted by atomic mass is 15.3. The summed E-state index contributed by atoms with van der Waals surface area (Å²) in [5.74, 6) is 0. The summed E-state index contributed by atoms with van der Waals surface area (Å²) >= 11 is 0. The maximum atomic E-state index is 4.16. The van der Waals surface area contributed by atoms with Crippen molar-refractivity contribution in [3.8, 4) is 0 Å². The average Bonchev–Trinajstić information content (AvgIpc) is 2.96. The number of hydrogen-bond acceptors (Lipinski definition) is 2. The van der Waals surface area contributed by atoms with Crippen molar-refractivity contribution in [2.75, 3.05) is 6.54 Å². The minimum Gasteiger partial charge on any atom is -0.354 e. The largest absolute Gasteiger partial charge is 0.354 e. The van der Waals surface area contributed by atoms with E-state index in [0.29, 0.717) is 0 Å². The predicted molar refractivity (Wildman–Crippen MR) is 68.7 cm³/mol. The van der Waals surface area contributed by atoms with Crippen molar-refractivity contribution in [3.63, 3.8) is 0 Å². The molecule has 0 saturated heterocycles. The number of nitrogens with zero attached hydrogens (tertiary/aromatic N) is 3. The van der Waals surface area contributed by atoms with Gasteiger partial charge in [0.25, 0.3) is 0 Å². The highest BCUT2D eigenvalue weighted by molar-refractivity contribution is 5.09. The van der Waals surface area contributed by atoms with E-state index in [-0.39, 0.29) is 0 Å². The Balaban J connectivity index is 1.67. The van der Waals surface area contributed by atoms with Crippen LogP contribution in [0.2, 0.25) is 0 Å². The predicted octanol–water partition coefficient (Wildman–Crippen LogP) is 1.88. The van der Waals surface area contributed by atoms with Crippen molar-refractivity contribution in [1.82, 2.24) is 19.7 Å². The van der Waals surface area contributed by atoms with Crippen molar-refractivity contribution >= 4 is 0 Å². The third-order valence-electron chi connectivity index (χ3n) is 2.70. The van der Waals surface area contributed by atoms with E-state index in [9.17, 15) is 0 Å². The van der Waals surface area contributed by atoms with Gasteiger partial charge in [-0.05, 0) is 24.1 Å². The van der Waals surface area contributed by atoms with Crippen LogP contribution >= 0.6 is 0 Å². The molecule has 0 spiro atoms. The first-order chi connectivity index (χ1) is 8.38. The van der Waals surface area contributed by atoms with Gasteiger partial charge in [-0.1, -0.05) is 6.92 Å². The molecule has 2 heterocycles. The van der Waals surface area contributed by atoms with Crippen molar-refractivity contribution in [3.05, 3.63) is 42.5 Å². The van der Waals surface area contributed by atoms with Crippen molar-refractivity contribution in [1.29, 1.82) is 0 Å². The van der Waals surface area contributed by atoms with Gasteiger partial charge in [0, 0.05) is 44.4 Å². The van der Waals surface area contributed by atoms with Gasteiger partial charge in [-0.25, -0.2) is 0 Å². The summed E-state index contributed by atoms with van der Waals surface area (Å²) in [5, 5.41) is 7.58. The summed E-state index contributed by atoms with van der Waals surface area (Å²) in [7, 11) is 0. The first-order valence-corrected chi connectivity index (χ1v) is 6.21. The van der Waals surface area contributed by atoms with Gasteiger partial charge in [0.05, 0.1) is 6.54 Å². The molecule has 4 heteroatoms. The SMILES string of the molecule is CCCn1ccc(CNCCn2cccn2)c1. The molecule has 0 bridgehead atoms. The maximum absolute atomic E-state index is 4.16. The van der Waals surface area contributed by atoms with Crippen LogP contribution in [0.25, 0.3) is 0 Å². The van der Waals surface area contributed by atoms with E-state index in [0.717, 1.165) is 26.2 Å². The van der Waals surface area contributed by atoms with Crippen LogP contribution in [-0.2, 0) is 19.6 Å². The van der Waals surface area contributed by atoms with Gasteiger partial charge in [0.1, 0.15) is 0 Å². The van der Waals surface area contributed by atoms with E-state index in [4.69, 9.17) is 0 Å². The van der Waals surface area contributed by atoms with Crippen LogP contribution in [0.1, 0.15) is 18.9 Å². The zero-order valence-corrected chi connectivity index (χ0v) is 10.3. The van der Waals surface area contributed by atoms with Gasteiger partial charge in [-0.15, -0.1) is 0 Å². The fourth-order valence-corrected chi connectivity index (χ4v) is 1.85. The first kappa shape index (κ1) is 11.9. The third-order valence-corrected chi connectivity index (χ3v) is 2.70. The highest BCUT2D eigenvalue weighted by Gasteiger charge is 1.96. The molecule has 4 nitrogen and oxygen atoms in total. The van der Waals surface area contributed by atoms with Crippen molar-refractivity contribution in [2.24, 2.45) is 0 Å². The Hall–Kier alpha value is -1.55. The van der Waals surface area contributed by atoms with Gasteiger partial charge in [-0.3, -0.25) is 4.68 Å². The Bertz CT molecular complexity index is 416. The molecule has 92 valence electrons. The molecule has 2 aromatic rings. The summed E-state index contributed by atoms with van der Waals surface area (Å²) in [4.78, 5) is 0. The van der Waals surface area contributed by atoms with Gasteiger partial charge in [0.15, 0.2) is 0 Å². The van der Waals surface area contributed by atoms with E-state index in [2.05, 4.69) is 40.4 Å². The molecule has 2 rings (SSSR count). The second kappa shape index (κ2) is 6.25. The van der Waals surface area contributed by atoms with Crippen LogP contribution in [0.4, 0.5) is 0 Å². The molecule has 0 unspecified atom stereocenters. The molecule has 0 amide bonds. The molecule has 0 radical (unpaired) electrons. The number of aryl methyl sites for hydroxylation is 1. The van der Waals surface area contributed by atoms with Crippen LogP contribution in [-0.4, -0.2) is 20.9 Å². The number of hydrogen-bond donors (Lipinski definition) is 1. The topological polar surface area (TPSA) is 34.8 Å². The Labute approximate surface area is 102 Å². The Morgan fingerprint density at radius 1 is 1.29 bits per heavy atom. The molecule has 0 aliphatic heterocycles. The normalized spacial score (nSPS) is 10.9. The van der Waals surface area contributed by atoms with Crippen LogP contribution in [0.15, 0.2) is 36.9 Å². The number of aromatic nitrogens is 3. The second-order valence-electron chi connectivity index (χ2n) is 4.20. The summed E-state index contributed by atoms with van der Waals surface area (Å²) in [6, 6.07) is 4.13. The highest BCUT2D eigenvalue weighted by Crippen LogP contribution is 2.01. The van der Waals surface area contributed by atoms with E-state index in [1.54, 1.807) is 0 Å². The summed E-state index contributed by atoms with van der Waals surface area (Å²) < 4.78 is 4.18. The smallest absolute Gasteiger partial charge is 0.0534 e. The summed E-state index contributed by atoms with van der Waals surface area (Å²) in [6.45, 7) is 6.09. The minimum absolute atomic E-state index is 0.919. The molecular weight excluding hydrogens is 212 g/mol. The summed E-state index contributed by atoms with van der Waals surface area (Å²) in [5.41, 5.74) is 1.35. The second-order valence-corrected chi connectivity index (χ2v) is 4.20. The molecule has 0 aromatic carbocycles. The van der Waals surface area contributed by atoms with E-state index < -0.39 is 0 Å².